The van der Waals surface area contributed by atoms with Crippen molar-refractivity contribution in [2.45, 2.75) is 57.7 Å². The number of nitrogens with one attached hydrogen (secondary N) is 1. The number of likely N-dealkylation sites (tertiary alicyclic amines) is 1. The number of aliphatic hydroxyl groups excluding tert-OH is 1. The van der Waals surface area contributed by atoms with E-state index >= 15 is 0 Å². The molecular weight excluding hydrogens is 358 g/mol. The molecule has 8 nitrogen and oxygen atoms in total. The molecular formula is C20H33N5O3. The summed E-state index contributed by atoms with van der Waals surface area (Å²) in [6.07, 6.45) is 5.02. The van der Waals surface area contributed by atoms with Gasteiger partial charge in [0.05, 0.1) is 6.61 Å². The lowest BCUT2D eigenvalue weighted by atomic mass is 9.77. The normalized spacial score (nSPS) is 19.0. The molecule has 8 heteroatoms. The Kier molecular flexibility index (Phi) is 7.37. The van der Waals surface area contributed by atoms with Crippen LogP contribution in [0.4, 0.5) is 5.95 Å². The summed E-state index contributed by atoms with van der Waals surface area (Å²) in [5.41, 5.74) is -0.168. The molecule has 2 heterocycles. The molecule has 0 unspecified atom stereocenters. The van der Waals surface area contributed by atoms with Gasteiger partial charge in [-0.2, -0.15) is 9.97 Å². The molecule has 0 atom stereocenters. The second-order valence-corrected chi connectivity index (χ2v) is 8.17. The van der Waals surface area contributed by atoms with Gasteiger partial charge in [0.2, 0.25) is 5.95 Å². The minimum atomic E-state index is -0.0838. The van der Waals surface area contributed by atoms with Gasteiger partial charge in [-0.15, -0.1) is 4.98 Å². The fraction of sp³-hybridized carbons (Fsp3) is 0.650. The summed E-state index contributed by atoms with van der Waals surface area (Å²) in [6.45, 7) is 17.5. The quantitative estimate of drug-likeness (QED) is 0.588. The lowest BCUT2D eigenvalue weighted by Crippen LogP contribution is -2.63. The second kappa shape index (κ2) is 9.34. The van der Waals surface area contributed by atoms with Crippen molar-refractivity contribution in [2.75, 3.05) is 31.7 Å². The molecule has 1 aliphatic rings. The molecule has 0 bridgehead atoms. The molecule has 2 N–H and O–H groups in total. The zero-order valence-corrected chi connectivity index (χ0v) is 17.4. The van der Waals surface area contributed by atoms with Crippen LogP contribution in [0.15, 0.2) is 25.3 Å². The minimum Gasteiger partial charge on any atom is -0.459 e. The molecule has 0 amide bonds. The number of nitrogens with zero attached hydrogens (tertiary/aromatic N) is 4. The first-order valence-electron chi connectivity index (χ1n) is 9.60. The SMILES string of the molecule is C=CCOc1nc(NC2CC(C)(C)N(CCO)C(C)(C)C2)nc(OCC=C)n1. The van der Waals surface area contributed by atoms with Gasteiger partial charge >= 0.3 is 12.0 Å². The van der Waals surface area contributed by atoms with Crippen molar-refractivity contribution in [1.82, 2.24) is 19.9 Å². The molecule has 0 radical (unpaired) electrons. The van der Waals surface area contributed by atoms with Crippen molar-refractivity contribution >= 4 is 5.95 Å². The molecule has 1 aromatic heterocycles. The van der Waals surface area contributed by atoms with Gasteiger partial charge < -0.3 is 19.9 Å². The number of rotatable bonds is 10. The van der Waals surface area contributed by atoms with Gasteiger partial charge in [-0.1, -0.05) is 25.3 Å². The standard InChI is InChI=1S/C20H33N5O3/c1-7-11-27-17-22-16(23-18(24-17)28-12-8-2)21-15-13-19(3,4)25(9-10-26)20(5,6)14-15/h7-8,15,26H,1-2,9-14H2,3-6H3,(H,21,22,23,24). The van der Waals surface area contributed by atoms with Gasteiger partial charge in [0.25, 0.3) is 0 Å². The molecule has 1 saturated heterocycles. The van der Waals surface area contributed by atoms with Crippen molar-refractivity contribution in [1.29, 1.82) is 0 Å². The maximum Gasteiger partial charge on any atom is 0.324 e. The third kappa shape index (κ3) is 5.65. The highest BCUT2D eigenvalue weighted by Gasteiger charge is 2.45. The van der Waals surface area contributed by atoms with Crippen LogP contribution >= 0.6 is 0 Å². The third-order valence-corrected chi connectivity index (χ3v) is 4.87. The Morgan fingerprint density at radius 1 is 1.04 bits per heavy atom. The third-order valence-electron chi connectivity index (χ3n) is 4.87. The first kappa shape index (κ1) is 22.1. The van der Waals surface area contributed by atoms with Crippen LogP contribution in [-0.2, 0) is 0 Å². The van der Waals surface area contributed by atoms with E-state index in [4.69, 9.17) is 9.47 Å². The van der Waals surface area contributed by atoms with Crippen molar-refractivity contribution in [3.8, 4) is 12.0 Å². The van der Waals surface area contributed by atoms with Crippen LogP contribution in [0.5, 0.6) is 12.0 Å². The van der Waals surface area contributed by atoms with E-state index < -0.39 is 0 Å². The van der Waals surface area contributed by atoms with Crippen LogP contribution < -0.4 is 14.8 Å². The van der Waals surface area contributed by atoms with Crippen LogP contribution in [0.25, 0.3) is 0 Å². The molecule has 0 aromatic carbocycles. The number of anilines is 1. The summed E-state index contributed by atoms with van der Waals surface area (Å²) in [6, 6.07) is 0.530. The Labute approximate surface area is 167 Å². The van der Waals surface area contributed by atoms with Crippen molar-refractivity contribution in [2.24, 2.45) is 0 Å². The first-order chi connectivity index (χ1) is 13.2. The van der Waals surface area contributed by atoms with Crippen LogP contribution in [0.2, 0.25) is 0 Å². The van der Waals surface area contributed by atoms with E-state index in [1.807, 2.05) is 0 Å². The van der Waals surface area contributed by atoms with E-state index in [1.165, 1.54) is 0 Å². The first-order valence-corrected chi connectivity index (χ1v) is 9.60. The molecule has 0 spiro atoms. The Balaban J connectivity index is 2.21. The van der Waals surface area contributed by atoms with Gasteiger partial charge in [-0.3, -0.25) is 4.90 Å². The molecule has 156 valence electrons. The Hall–Kier alpha value is -2.19. The van der Waals surface area contributed by atoms with E-state index in [9.17, 15) is 5.11 Å². The number of hydrogen-bond donors (Lipinski definition) is 2. The molecule has 0 saturated carbocycles. The van der Waals surface area contributed by atoms with Crippen LogP contribution in [-0.4, -0.2) is 68.4 Å². The summed E-state index contributed by atoms with van der Waals surface area (Å²) in [5.74, 6) is 0.417. The molecule has 1 fully saturated rings. The molecule has 1 aliphatic heterocycles. The average Bonchev–Trinajstić information content (AvgIpc) is 2.60. The van der Waals surface area contributed by atoms with Crippen molar-refractivity contribution in [3.05, 3.63) is 25.3 Å². The van der Waals surface area contributed by atoms with E-state index in [1.54, 1.807) is 12.2 Å². The lowest BCUT2D eigenvalue weighted by molar-refractivity contribution is -0.0408. The smallest absolute Gasteiger partial charge is 0.324 e. The van der Waals surface area contributed by atoms with Crippen LogP contribution in [0, 0.1) is 0 Å². The number of β-amino-alcohol motifs (C(OH)–C–C–N with tert-alkyl or cyclic N) is 1. The maximum atomic E-state index is 9.46. The molecule has 28 heavy (non-hydrogen) atoms. The number of ether oxygens (including phenoxy) is 2. The summed E-state index contributed by atoms with van der Waals surface area (Å²) in [7, 11) is 0. The number of piperidine rings is 1. The highest BCUT2D eigenvalue weighted by Crippen LogP contribution is 2.39. The fourth-order valence-corrected chi connectivity index (χ4v) is 4.11. The van der Waals surface area contributed by atoms with Gasteiger partial charge in [0, 0.05) is 23.7 Å². The number of aliphatic hydroxyl groups is 1. The number of aromatic nitrogens is 3. The van der Waals surface area contributed by atoms with Gasteiger partial charge in [0.1, 0.15) is 13.2 Å². The predicted octanol–water partition coefficient (Wildman–Crippen LogP) is 2.43. The van der Waals surface area contributed by atoms with E-state index in [-0.39, 0.29) is 35.7 Å². The Bertz CT molecular complexity index is 630. The van der Waals surface area contributed by atoms with Gasteiger partial charge in [-0.05, 0) is 40.5 Å². The van der Waals surface area contributed by atoms with Gasteiger partial charge in [-0.25, -0.2) is 0 Å². The largest absolute Gasteiger partial charge is 0.459 e. The van der Waals surface area contributed by atoms with E-state index in [0.29, 0.717) is 25.7 Å². The minimum absolute atomic E-state index is 0.0838. The summed E-state index contributed by atoms with van der Waals surface area (Å²) < 4.78 is 10.9. The van der Waals surface area contributed by atoms with Crippen LogP contribution in [0.1, 0.15) is 40.5 Å². The zero-order chi connectivity index (χ0) is 20.8. The fourth-order valence-electron chi connectivity index (χ4n) is 4.11. The van der Waals surface area contributed by atoms with Gasteiger partial charge in [0.15, 0.2) is 0 Å². The maximum absolute atomic E-state index is 9.46. The summed E-state index contributed by atoms with van der Waals surface area (Å²) >= 11 is 0. The molecule has 2 rings (SSSR count). The molecule has 1 aromatic rings. The second-order valence-electron chi connectivity index (χ2n) is 8.17. The van der Waals surface area contributed by atoms with E-state index in [2.05, 4.69) is 66.0 Å². The Morgan fingerprint density at radius 3 is 1.96 bits per heavy atom. The lowest BCUT2D eigenvalue weighted by Gasteiger charge is -2.55. The summed E-state index contributed by atoms with van der Waals surface area (Å²) in [5, 5.41) is 12.9. The zero-order valence-electron chi connectivity index (χ0n) is 17.4. The topological polar surface area (TPSA) is 92.6 Å². The highest BCUT2D eigenvalue weighted by atomic mass is 16.5. The average molecular weight is 392 g/mol. The highest BCUT2D eigenvalue weighted by molar-refractivity contribution is 5.30. The summed E-state index contributed by atoms with van der Waals surface area (Å²) in [4.78, 5) is 15.2. The number of hydrogen-bond acceptors (Lipinski definition) is 8. The Morgan fingerprint density at radius 2 is 1.54 bits per heavy atom. The molecule has 0 aliphatic carbocycles. The van der Waals surface area contributed by atoms with Crippen molar-refractivity contribution in [3.63, 3.8) is 0 Å². The monoisotopic (exact) mass is 391 g/mol. The predicted molar refractivity (Wildman–Crippen MR) is 110 cm³/mol. The van der Waals surface area contributed by atoms with Crippen LogP contribution in [0.3, 0.4) is 0 Å². The van der Waals surface area contributed by atoms with Crippen molar-refractivity contribution < 1.29 is 14.6 Å². The van der Waals surface area contributed by atoms with E-state index in [0.717, 1.165) is 12.8 Å².